The van der Waals surface area contributed by atoms with Crippen LogP contribution in [0.1, 0.15) is 26.3 Å². The number of hydrogen-bond donors (Lipinski definition) is 0. The number of benzene rings is 1. The molecular weight excluding hydrogens is 251 g/mol. The van der Waals surface area contributed by atoms with E-state index in [1.165, 1.54) is 12.1 Å². The van der Waals surface area contributed by atoms with E-state index in [4.69, 9.17) is 0 Å². The summed E-state index contributed by atoms with van der Waals surface area (Å²) in [6.07, 6.45) is 2.68. The molecule has 0 aliphatic heterocycles. The molecule has 0 N–H and O–H groups in total. The van der Waals surface area contributed by atoms with Crippen molar-refractivity contribution in [3.63, 3.8) is 0 Å². The average molecular weight is 270 g/mol. The van der Waals surface area contributed by atoms with Crippen LogP contribution in [0.15, 0.2) is 41.3 Å². The second-order valence-corrected chi connectivity index (χ2v) is 7.45. The van der Waals surface area contributed by atoms with E-state index in [1.54, 1.807) is 18.2 Å². The van der Waals surface area contributed by atoms with Crippen LogP contribution in [0.5, 0.6) is 0 Å². The van der Waals surface area contributed by atoms with Gasteiger partial charge in [-0.1, -0.05) is 44.5 Å². The van der Waals surface area contributed by atoms with E-state index in [0.717, 1.165) is 11.6 Å². The maximum atomic E-state index is 13.8. The molecule has 0 aliphatic rings. The van der Waals surface area contributed by atoms with Crippen LogP contribution in [0.2, 0.25) is 0 Å². The van der Waals surface area contributed by atoms with Gasteiger partial charge in [-0.05, 0) is 30.5 Å². The van der Waals surface area contributed by atoms with Crippen molar-refractivity contribution in [1.29, 1.82) is 0 Å². The molecule has 1 unspecified atom stereocenters. The number of alkyl halides is 1. The predicted molar refractivity (Wildman–Crippen MR) is 71.9 cm³/mol. The molecule has 0 radical (unpaired) electrons. The van der Waals surface area contributed by atoms with Crippen molar-refractivity contribution in [3.05, 3.63) is 42.0 Å². The molecule has 0 saturated carbocycles. The summed E-state index contributed by atoms with van der Waals surface area (Å²) in [6.45, 7) is 7.50. The zero-order chi connectivity index (χ0) is 14.0. The summed E-state index contributed by atoms with van der Waals surface area (Å²) in [5.41, 5.74) is -1.30. The molecule has 100 valence electrons. The van der Waals surface area contributed by atoms with Crippen LogP contribution in [0, 0.1) is 12.3 Å². The largest absolute Gasteiger partial charge is 0.225 e. The standard InChI is InChI=1S/C14H19FO2S/c1-11-5-7-12(8-6-11)18(16,17)13(15)9-10-14(2,3)4/h5-10,13H,1-4H3/b10-9+. The van der Waals surface area contributed by atoms with Gasteiger partial charge in [0.2, 0.25) is 15.3 Å². The van der Waals surface area contributed by atoms with Crippen LogP contribution in [-0.4, -0.2) is 13.9 Å². The van der Waals surface area contributed by atoms with Gasteiger partial charge in [-0.2, -0.15) is 0 Å². The first-order chi connectivity index (χ1) is 8.13. The Morgan fingerprint density at radius 1 is 1.17 bits per heavy atom. The van der Waals surface area contributed by atoms with Crippen LogP contribution in [0.3, 0.4) is 0 Å². The van der Waals surface area contributed by atoms with E-state index >= 15 is 0 Å². The van der Waals surface area contributed by atoms with Gasteiger partial charge in [-0.3, -0.25) is 0 Å². The van der Waals surface area contributed by atoms with Crippen molar-refractivity contribution >= 4 is 9.84 Å². The number of allylic oxidation sites excluding steroid dienone is 1. The Labute approximate surface area is 108 Å². The third kappa shape index (κ3) is 3.95. The molecule has 1 aromatic rings. The fourth-order valence-electron chi connectivity index (χ4n) is 1.33. The minimum Gasteiger partial charge on any atom is -0.225 e. The lowest BCUT2D eigenvalue weighted by atomic mass is 9.97. The van der Waals surface area contributed by atoms with Gasteiger partial charge in [0.25, 0.3) is 0 Å². The molecule has 1 atom stereocenters. The molecule has 0 spiro atoms. The lowest BCUT2D eigenvalue weighted by Gasteiger charge is -2.12. The van der Waals surface area contributed by atoms with Crippen LogP contribution >= 0.6 is 0 Å². The fraction of sp³-hybridized carbons (Fsp3) is 0.429. The highest BCUT2D eigenvalue weighted by atomic mass is 32.2. The van der Waals surface area contributed by atoms with Crippen molar-refractivity contribution < 1.29 is 12.8 Å². The highest BCUT2D eigenvalue weighted by Gasteiger charge is 2.25. The first-order valence-electron chi connectivity index (χ1n) is 5.77. The molecule has 4 heteroatoms. The quantitative estimate of drug-likeness (QED) is 0.785. The van der Waals surface area contributed by atoms with E-state index in [9.17, 15) is 12.8 Å². The van der Waals surface area contributed by atoms with Gasteiger partial charge in [0, 0.05) is 0 Å². The number of aryl methyl sites for hydroxylation is 1. The van der Waals surface area contributed by atoms with E-state index in [0.29, 0.717) is 0 Å². The van der Waals surface area contributed by atoms with Gasteiger partial charge in [-0.25, -0.2) is 12.8 Å². The SMILES string of the molecule is Cc1ccc(S(=O)(=O)C(F)/C=C/C(C)(C)C)cc1. The molecule has 1 rings (SSSR count). The molecule has 0 bridgehead atoms. The van der Waals surface area contributed by atoms with Crippen LogP contribution < -0.4 is 0 Å². The summed E-state index contributed by atoms with van der Waals surface area (Å²) in [6, 6.07) is 6.19. The summed E-state index contributed by atoms with van der Waals surface area (Å²) in [5.74, 6) is 0. The molecule has 1 aromatic carbocycles. The Balaban J connectivity index is 3.00. The van der Waals surface area contributed by atoms with Crippen molar-refractivity contribution in [2.75, 3.05) is 0 Å². The zero-order valence-electron chi connectivity index (χ0n) is 11.1. The predicted octanol–water partition coefficient (Wildman–Crippen LogP) is 3.67. The molecule has 0 amide bonds. The molecule has 0 heterocycles. The third-order valence-electron chi connectivity index (χ3n) is 2.39. The number of hydrogen-bond acceptors (Lipinski definition) is 2. The Bertz CT molecular complexity index is 522. The summed E-state index contributed by atoms with van der Waals surface area (Å²) < 4.78 is 37.7. The van der Waals surface area contributed by atoms with Crippen molar-refractivity contribution in [1.82, 2.24) is 0 Å². The number of rotatable bonds is 3. The fourth-order valence-corrected chi connectivity index (χ4v) is 2.39. The Kier molecular flexibility index (Phi) is 4.32. The maximum Gasteiger partial charge on any atom is 0.223 e. The van der Waals surface area contributed by atoms with Gasteiger partial charge in [0.15, 0.2) is 0 Å². The van der Waals surface area contributed by atoms with Crippen LogP contribution in [0.4, 0.5) is 4.39 Å². The molecule has 0 fully saturated rings. The lowest BCUT2D eigenvalue weighted by molar-refractivity contribution is 0.465. The van der Waals surface area contributed by atoms with Gasteiger partial charge in [0.05, 0.1) is 4.90 Å². The van der Waals surface area contributed by atoms with Crippen molar-refractivity contribution in [2.45, 2.75) is 38.1 Å². The second kappa shape index (κ2) is 5.22. The van der Waals surface area contributed by atoms with E-state index in [-0.39, 0.29) is 10.3 Å². The summed E-state index contributed by atoms with van der Waals surface area (Å²) >= 11 is 0. The first-order valence-corrected chi connectivity index (χ1v) is 7.31. The van der Waals surface area contributed by atoms with Crippen molar-refractivity contribution in [2.24, 2.45) is 5.41 Å². The Morgan fingerprint density at radius 3 is 2.11 bits per heavy atom. The highest BCUT2D eigenvalue weighted by molar-refractivity contribution is 7.92. The first kappa shape index (κ1) is 14.9. The Hall–Kier alpha value is -1.16. The molecular formula is C14H19FO2S. The molecule has 2 nitrogen and oxygen atoms in total. The summed E-state index contributed by atoms with van der Waals surface area (Å²) in [4.78, 5) is 0.0131. The minimum atomic E-state index is -3.93. The molecule has 18 heavy (non-hydrogen) atoms. The number of halogens is 1. The summed E-state index contributed by atoms with van der Waals surface area (Å²) in [7, 11) is -3.93. The van der Waals surface area contributed by atoms with Crippen LogP contribution in [0.25, 0.3) is 0 Å². The van der Waals surface area contributed by atoms with Crippen LogP contribution in [-0.2, 0) is 9.84 Å². The number of sulfone groups is 1. The monoisotopic (exact) mass is 270 g/mol. The van der Waals surface area contributed by atoms with Gasteiger partial charge < -0.3 is 0 Å². The highest BCUT2D eigenvalue weighted by Crippen LogP contribution is 2.21. The Morgan fingerprint density at radius 2 is 1.67 bits per heavy atom. The molecule has 0 saturated heterocycles. The normalized spacial score (nSPS) is 14.9. The lowest BCUT2D eigenvalue weighted by Crippen LogP contribution is -2.15. The van der Waals surface area contributed by atoms with E-state index < -0.39 is 15.3 Å². The third-order valence-corrected chi connectivity index (χ3v) is 4.07. The summed E-state index contributed by atoms with van der Waals surface area (Å²) in [5, 5.41) is 0. The van der Waals surface area contributed by atoms with E-state index in [2.05, 4.69) is 0 Å². The molecule has 0 aromatic heterocycles. The minimum absolute atomic E-state index is 0.0131. The molecule has 0 aliphatic carbocycles. The topological polar surface area (TPSA) is 34.1 Å². The maximum absolute atomic E-state index is 13.8. The van der Waals surface area contributed by atoms with Crippen molar-refractivity contribution in [3.8, 4) is 0 Å². The second-order valence-electron chi connectivity index (χ2n) is 5.43. The smallest absolute Gasteiger partial charge is 0.223 e. The van der Waals surface area contributed by atoms with Gasteiger partial charge in [0.1, 0.15) is 0 Å². The average Bonchev–Trinajstić information content (AvgIpc) is 2.25. The van der Waals surface area contributed by atoms with Gasteiger partial charge in [-0.15, -0.1) is 0 Å². The zero-order valence-corrected chi connectivity index (χ0v) is 12.0. The van der Waals surface area contributed by atoms with Gasteiger partial charge >= 0.3 is 0 Å². The van der Waals surface area contributed by atoms with E-state index in [1.807, 2.05) is 27.7 Å².